The maximum Gasteiger partial charge on any atom is 0.290 e. The summed E-state index contributed by atoms with van der Waals surface area (Å²) in [6.45, 7) is 1.68. The molecule has 1 aromatic heterocycles. The molecule has 0 aliphatic heterocycles. The first-order chi connectivity index (χ1) is 6.61. The third kappa shape index (κ3) is 1.17. The first-order valence-electron chi connectivity index (χ1n) is 4.11. The van der Waals surface area contributed by atoms with E-state index in [-0.39, 0.29) is 5.75 Å². The minimum Gasteiger partial charge on any atom is -0.503 e. The standard InChI is InChI=1S/C10H8ClNO2/c1-5-6-3-2-4-7(11)8(6)12-10(14)9(5)13/h2-4,13H,1H3,(H,12,14). The fourth-order valence-corrected chi connectivity index (χ4v) is 1.66. The predicted molar refractivity (Wildman–Crippen MR) is 56.0 cm³/mol. The number of benzene rings is 1. The number of hydrogen-bond donors (Lipinski definition) is 2. The van der Waals surface area contributed by atoms with Crippen LogP contribution in [-0.2, 0) is 0 Å². The lowest BCUT2D eigenvalue weighted by atomic mass is 10.1. The van der Waals surface area contributed by atoms with Gasteiger partial charge in [0.1, 0.15) is 0 Å². The Morgan fingerprint density at radius 1 is 1.43 bits per heavy atom. The van der Waals surface area contributed by atoms with Crippen molar-refractivity contribution in [2.45, 2.75) is 6.92 Å². The summed E-state index contributed by atoms with van der Waals surface area (Å²) in [6, 6.07) is 5.26. The summed E-state index contributed by atoms with van der Waals surface area (Å²) in [5, 5.41) is 10.6. The highest BCUT2D eigenvalue weighted by Gasteiger charge is 2.08. The number of aromatic amines is 1. The third-order valence-electron chi connectivity index (χ3n) is 2.23. The van der Waals surface area contributed by atoms with Crippen molar-refractivity contribution in [2.24, 2.45) is 0 Å². The van der Waals surface area contributed by atoms with E-state index in [1.807, 2.05) is 0 Å². The molecule has 2 N–H and O–H groups in total. The summed E-state index contributed by atoms with van der Waals surface area (Å²) in [6.07, 6.45) is 0. The molecule has 2 rings (SSSR count). The van der Waals surface area contributed by atoms with Crippen LogP contribution in [0.4, 0.5) is 0 Å². The number of aromatic nitrogens is 1. The van der Waals surface area contributed by atoms with Gasteiger partial charge in [-0.3, -0.25) is 4.79 Å². The molecule has 0 atom stereocenters. The van der Waals surface area contributed by atoms with Crippen molar-refractivity contribution in [3.63, 3.8) is 0 Å². The average Bonchev–Trinajstić information content (AvgIpc) is 2.17. The maximum absolute atomic E-state index is 11.2. The molecule has 0 bridgehead atoms. The van der Waals surface area contributed by atoms with Crippen molar-refractivity contribution < 1.29 is 5.11 Å². The molecular formula is C10H8ClNO2. The monoisotopic (exact) mass is 209 g/mol. The zero-order valence-electron chi connectivity index (χ0n) is 7.47. The number of fused-ring (bicyclic) bond motifs is 1. The number of rotatable bonds is 0. The fraction of sp³-hybridized carbons (Fsp3) is 0.100. The van der Waals surface area contributed by atoms with E-state index in [0.29, 0.717) is 16.1 Å². The number of nitrogens with one attached hydrogen (secondary N) is 1. The second-order valence-electron chi connectivity index (χ2n) is 3.09. The Labute approximate surface area is 85.0 Å². The molecular weight excluding hydrogens is 202 g/mol. The van der Waals surface area contributed by atoms with Crippen LogP contribution in [0, 0.1) is 6.92 Å². The summed E-state index contributed by atoms with van der Waals surface area (Å²) in [7, 11) is 0. The fourth-order valence-electron chi connectivity index (χ4n) is 1.43. The third-order valence-corrected chi connectivity index (χ3v) is 2.54. The van der Waals surface area contributed by atoms with Crippen molar-refractivity contribution in [2.75, 3.05) is 0 Å². The van der Waals surface area contributed by atoms with Crippen LogP contribution in [0.15, 0.2) is 23.0 Å². The van der Waals surface area contributed by atoms with Crippen molar-refractivity contribution in [3.05, 3.63) is 39.1 Å². The van der Waals surface area contributed by atoms with Crippen molar-refractivity contribution in [1.29, 1.82) is 0 Å². The van der Waals surface area contributed by atoms with E-state index >= 15 is 0 Å². The smallest absolute Gasteiger partial charge is 0.290 e. The van der Waals surface area contributed by atoms with Crippen molar-refractivity contribution in [1.82, 2.24) is 4.98 Å². The molecule has 0 radical (unpaired) electrons. The Kier molecular flexibility index (Phi) is 1.97. The van der Waals surface area contributed by atoms with Crippen LogP contribution in [0.2, 0.25) is 5.02 Å². The van der Waals surface area contributed by atoms with E-state index in [1.54, 1.807) is 25.1 Å². The zero-order chi connectivity index (χ0) is 10.3. The highest BCUT2D eigenvalue weighted by atomic mass is 35.5. The number of pyridine rings is 1. The lowest BCUT2D eigenvalue weighted by molar-refractivity contribution is 0.464. The number of H-pyrrole nitrogens is 1. The van der Waals surface area contributed by atoms with Gasteiger partial charge in [-0.1, -0.05) is 23.7 Å². The number of aromatic hydroxyl groups is 1. The maximum atomic E-state index is 11.2. The normalized spacial score (nSPS) is 10.7. The highest BCUT2D eigenvalue weighted by molar-refractivity contribution is 6.35. The van der Waals surface area contributed by atoms with E-state index in [1.165, 1.54) is 0 Å². The molecule has 0 saturated heterocycles. The first-order valence-corrected chi connectivity index (χ1v) is 4.49. The molecule has 0 aliphatic rings. The number of aryl methyl sites for hydroxylation is 1. The van der Waals surface area contributed by atoms with Crippen LogP contribution < -0.4 is 5.56 Å². The summed E-state index contributed by atoms with van der Waals surface area (Å²) in [4.78, 5) is 13.8. The number of hydrogen-bond acceptors (Lipinski definition) is 2. The van der Waals surface area contributed by atoms with Gasteiger partial charge in [0.25, 0.3) is 5.56 Å². The Balaban J connectivity index is 3.06. The van der Waals surface area contributed by atoms with Crippen LogP contribution in [0.3, 0.4) is 0 Å². The molecule has 3 nitrogen and oxygen atoms in total. The molecule has 72 valence electrons. The minimum absolute atomic E-state index is 0.250. The van der Waals surface area contributed by atoms with E-state index in [2.05, 4.69) is 4.98 Å². The Bertz CT molecular complexity index is 560. The van der Waals surface area contributed by atoms with Gasteiger partial charge in [-0.2, -0.15) is 0 Å². The van der Waals surface area contributed by atoms with Gasteiger partial charge in [0, 0.05) is 10.9 Å². The van der Waals surface area contributed by atoms with Gasteiger partial charge in [0.05, 0.1) is 10.5 Å². The van der Waals surface area contributed by atoms with E-state index in [0.717, 1.165) is 5.39 Å². The highest BCUT2D eigenvalue weighted by Crippen LogP contribution is 2.25. The molecule has 0 saturated carbocycles. The summed E-state index contributed by atoms with van der Waals surface area (Å²) >= 11 is 5.90. The molecule has 1 aromatic carbocycles. The quantitative estimate of drug-likeness (QED) is 0.699. The number of para-hydroxylation sites is 1. The largest absolute Gasteiger partial charge is 0.503 e. The second kappa shape index (κ2) is 3.03. The van der Waals surface area contributed by atoms with E-state index in [9.17, 15) is 9.90 Å². The average molecular weight is 210 g/mol. The topological polar surface area (TPSA) is 53.1 Å². The van der Waals surface area contributed by atoms with E-state index in [4.69, 9.17) is 11.6 Å². The molecule has 14 heavy (non-hydrogen) atoms. The van der Waals surface area contributed by atoms with Crippen LogP contribution in [0.5, 0.6) is 5.75 Å². The summed E-state index contributed by atoms with van der Waals surface area (Å²) < 4.78 is 0. The van der Waals surface area contributed by atoms with E-state index < -0.39 is 5.56 Å². The minimum atomic E-state index is -0.511. The van der Waals surface area contributed by atoms with Crippen LogP contribution in [0.25, 0.3) is 10.9 Å². The Hall–Kier alpha value is -1.48. The van der Waals surface area contributed by atoms with Gasteiger partial charge in [-0.15, -0.1) is 0 Å². The van der Waals surface area contributed by atoms with Gasteiger partial charge in [-0.25, -0.2) is 0 Å². The van der Waals surface area contributed by atoms with Crippen LogP contribution >= 0.6 is 11.6 Å². The predicted octanol–water partition coefficient (Wildman–Crippen LogP) is 2.20. The van der Waals surface area contributed by atoms with Crippen LogP contribution in [-0.4, -0.2) is 10.1 Å². The zero-order valence-corrected chi connectivity index (χ0v) is 8.22. The van der Waals surface area contributed by atoms with Gasteiger partial charge in [0.2, 0.25) is 0 Å². The molecule has 0 amide bonds. The molecule has 4 heteroatoms. The lowest BCUT2D eigenvalue weighted by Gasteiger charge is -2.04. The molecule has 0 fully saturated rings. The Morgan fingerprint density at radius 2 is 2.14 bits per heavy atom. The molecule has 1 heterocycles. The van der Waals surface area contributed by atoms with Crippen LogP contribution in [0.1, 0.15) is 5.56 Å². The lowest BCUT2D eigenvalue weighted by Crippen LogP contribution is -2.06. The molecule has 2 aromatic rings. The second-order valence-corrected chi connectivity index (χ2v) is 3.50. The van der Waals surface area contributed by atoms with Crippen molar-refractivity contribution in [3.8, 4) is 5.75 Å². The summed E-state index contributed by atoms with van der Waals surface area (Å²) in [5.74, 6) is -0.250. The van der Waals surface area contributed by atoms with Gasteiger partial charge >= 0.3 is 0 Å². The molecule has 0 aliphatic carbocycles. The van der Waals surface area contributed by atoms with Gasteiger partial charge < -0.3 is 10.1 Å². The first kappa shape index (κ1) is 9.09. The van der Waals surface area contributed by atoms with Gasteiger partial charge in [-0.05, 0) is 13.0 Å². The summed E-state index contributed by atoms with van der Waals surface area (Å²) in [5.41, 5.74) is 0.601. The Morgan fingerprint density at radius 3 is 2.86 bits per heavy atom. The molecule has 0 spiro atoms. The molecule has 0 unspecified atom stereocenters. The van der Waals surface area contributed by atoms with Gasteiger partial charge in [0.15, 0.2) is 5.75 Å². The SMILES string of the molecule is Cc1c(O)c(=O)[nH]c2c(Cl)cccc12. The van der Waals surface area contributed by atoms with Crippen molar-refractivity contribution >= 4 is 22.5 Å². The number of halogens is 1.